The summed E-state index contributed by atoms with van der Waals surface area (Å²) in [4.78, 5) is 22.5. The van der Waals surface area contributed by atoms with Crippen LogP contribution in [0.4, 0.5) is 17.8 Å². The maximum absolute atomic E-state index is 10.0. The summed E-state index contributed by atoms with van der Waals surface area (Å²) in [7, 11) is 0. The van der Waals surface area contributed by atoms with E-state index in [1.165, 1.54) is 0 Å². The van der Waals surface area contributed by atoms with E-state index in [-0.39, 0.29) is 23.8 Å². The standard InChI is InChI=1S/C4H8N2O.C3H6N6.3C2H4/c5-4(7)3-6-1-2-6;4-1-7-2(5)9-3(6)8-1;3*1-2/h1-3H2,(H2,5,7);(H6,4,5,6,7,8,9);3*1-2H2. The first-order valence-electron chi connectivity index (χ1n) is 6.00. The van der Waals surface area contributed by atoms with Crippen molar-refractivity contribution in [2.24, 2.45) is 5.73 Å². The highest BCUT2D eigenvalue weighted by Crippen LogP contribution is 1.99. The number of amides is 1. The number of aromatic nitrogens is 3. The number of nitrogens with two attached hydrogens (primary N) is 4. The van der Waals surface area contributed by atoms with Gasteiger partial charge < -0.3 is 22.9 Å². The van der Waals surface area contributed by atoms with Crippen LogP contribution >= 0.6 is 0 Å². The number of primary amides is 1. The fourth-order valence-corrected chi connectivity index (χ4v) is 0.876. The summed E-state index contributed by atoms with van der Waals surface area (Å²) in [6.45, 7) is 20.5. The van der Waals surface area contributed by atoms with Gasteiger partial charge in [-0.25, -0.2) is 0 Å². The zero-order valence-electron chi connectivity index (χ0n) is 12.9. The average molecular weight is 310 g/mol. The highest BCUT2D eigenvalue weighted by Gasteiger charge is 2.17. The van der Waals surface area contributed by atoms with Crippen molar-refractivity contribution in [3.05, 3.63) is 39.5 Å². The Hall–Kier alpha value is -2.94. The Bertz CT molecular complexity index is 367. The van der Waals surface area contributed by atoms with Crippen molar-refractivity contribution >= 4 is 23.8 Å². The first kappa shape index (κ1) is 24.1. The Kier molecular flexibility index (Phi) is 17.7. The summed E-state index contributed by atoms with van der Waals surface area (Å²) in [5.41, 5.74) is 20.3. The lowest BCUT2D eigenvalue weighted by molar-refractivity contribution is -0.118. The van der Waals surface area contributed by atoms with Gasteiger partial charge in [0.25, 0.3) is 0 Å². The van der Waals surface area contributed by atoms with Crippen LogP contribution in [-0.4, -0.2) is 45.4 Å². The highest BCUT2D eigenvalue weighted by molar-refractivity contribution is 5.76. The molecule has 22 heavy (non-hydrogen) atoms. The molecule has 0 spiro atoms. The number of hydrogen-bond donors (Lipinski definition) is 4. The molecule has 9 nitrogen and oxygen atoms in total. The maximum Gasteiger partial charge on any atom is 0.231 e. The molecule has 2 heterocycles. The van der Waals surface area contributed by atoms with Crippen molar-refractivity contribution in [3.63, 3.8) is 0 Å². The van der Waals surface area contributed by atoms with Gasteiger partial charge >= 0.3 is 0 Å². The number of nitrogens with zero attached hydrogens (tertiary/aromatic N) is 4. The van der Waals surface area contributed by atoms with Gasteiger partial charge in [-0.05, 0) is 0 Å². The second-order valence-electron chi connectivity index (χ2n) is 3.15. The minimum Gasteiger partial charge on any atom is -0.369 e. The zero-order chi connectivity index (χ0) is 18.1. The third-order valence-corrected chi connectivity index (χ3v) is 1.61. The van der Waals surface area contributed by atoms with Crippen molar-refractivity contribution in [1.82, 2.24) is 19.9 Å². The first-order valence-corrected chi connectivity index (χ1v) is 6.00. The summed E-state index contributed by atoms with van der Waals surface area (Å²) >= 11 is 0. The molecule has 2 rings (SSSR count). The third-order valence-electron chi connectivity index (χ3n) is 1.61. The summed E-state index contributed by atoms with van der Waals surface area (Å²) in [6, 6.07) is 0. The lowest BCUT2D eigenvalue weighted by Crippen LogP contribution is -2.21. The number of carbonyl (C=O) groups is 1. The van der Waals surface area contributed by atoms with E-state index < -0.39 is 0 Å². The molecule has 1 aromatic heterocycles. The topological polar surface area (TPSA) is 163 Å². The smallest absolute Gasteiger partial charge is 0.231 e. The fourth-order valence-electron chi connectivity index (χ4n) is 0.876. The van der Waals surface area contributed by atoms with Crippen molar-refractivity contribution in [1.29, 1.82) is 0 Å². The molecular formula is C13H26N8O. The SMILES string of the molecule is C=C.C=C.C=C.NC(=O)CN1CC1.Nc1nc(N)nc(N)n1. The maximum atomic E-state index is 10.0. The minimum atomic E-state index is -0.225. The second-order valence-corrected chi connectivity index (χ2v) is 3.15. The molecule has 1 saturated heterocycles. The van der Waals surface area contributed by atoms with Gasteiger partial charge in [-0.2, -0.15) is 15.0 Å². The van der Waals surface area contributed by atoms with Gasteiger partial charge in [0.1, 0.15) is 0 Å². The van der Waals surface area contributed by atoms with Gasteiger partial charge in [-0.15, -0.1) is 39.5 Å². The monoisotopic (exact) mass is 310 g/mol. The van der Waals surface area contributed by atoms with E-state index in [1.54, 1.807) is 0 Å². The van der Waals surface area contributed by atoms with Gasteiger partial charge in [0, 0.05) is 13.1 Å². The Morgan fingerprint density at radius 2 is 1.14 bits per heavy atom. The van der Waals surface area contributed by atoms with E-state index >= 15 is 0 Å². The van der Waals surface area contributed by atoms with Gasteiger partial charge in [0.05, 0.1) is 6.54 Å². The molecule has 0 atom stereocenters. The molecule has 9 heteroatoms. The summed E-state index contributed by atoms with van der Waals surface area (Å²) in [6.07, 6.45) is 0. The van der Waals surface area contributed by atoms with Crippen LogP contribution in [0.25, 0.3) is 0 Å². The second kappa shape index (κ2) is 16.1. The molecule has 124 valence electrons. The molecule has 8 N–H and O–H groups in total. The first-order chi connectivity index (χ1) is 10.5. The predicted molar refractivity (Wildman–Crippen MR) is 92.5 cm³/mol. The van der Waals surface area contributed by atoms with Crippen LogP contribution < -0.4 is 22.9 Å². The molecule has 1 aliphatic rings. The molecule has 0 saturated carbocycles. The molecule has 0 unspecified atom stereocenters. The van der Waals surface area contributed by atoms with Gasteiger partial charge in [0.15, 0.2) is 0 Å². The fraction of sp³-hybridized carbons (Fsp3) is 0.231. The van der Waals surface area contributed by atoms with Crippen LogP contribution in [0, 0.1) is 0 Å². The number of rotatable bonds is 2. The Morgan fingerprint density at radius 3 is 1.27 bits per heavy atom. The lowest BCUT2D eigenvalue weighted by atomic mass is 10.6. The molecule has 1 aromatic rings. The van der Waals surface area contributed by atoms with Crippen LogP contribution in [0.5, 0.6) is 0 Å². The zero-order valence-corrected chi connectivity index (χ0v) is 12.9. The molecular weight excluding hydrogens is 284 g/mol. The molecule has 1 aliphatic heterocycles. The lowest BCUT2D eigenvalue weighted by Gasteiger charge is -1.93. The summed E-state index contributed by atoms with van der Waals surface area (Å²) in [5.74, 6) is -0.0995. The Balaban J connectivity index is -0.000000249. The van der Waals surface area contributed by atoms with Crippen molar-refractivity contribution in [2.45, 2.75) is 0 Å². The summed E-state index contributed by atoms with van der Waals surface area (Å²) < 4.78 is 0. The van der Waals surface area contributed by atoms with Gasteiger partial charge in [0.2, 0.25) is 23.8 Å². The Morgan fingerprint density at radius 1 is 0.864 bits per heavy atom. The van der Waals surface area contributed by atoms with E-state index in [0.29, 0.717) is 6.54 Å². The average Bonchev–Trinajstić information content (AvgIpc) is 3.28. The third kappa shape index (κ3) is 17.1. The number of anilines is 3. The molecule has 1 fully saturated rings. The molecule has 1 amide bonds. The number of nitrogen functional groups attached to an aromatic ring is 3. The predicted octanol–water partition coefficient (Wildman–Crippen LogP) is -0.188. The van der Waals surface area contributed by atoms with E-state index in [4.69, 9.17) is 22.9 Å². The highest BCUT2D eigenvalue weighted by atomic mass is 16.1. The van der Waals surface area contributed by atoms with Crippen molar-refractivity contribution in [2.75, 3.05) is 36.8 Å². The Labute approximate surface area is 131 Å². The normalized spacial score (nSPS) is 10.5. The van der Waals surface area contributed by atoms with Crippen LogP contribution in [0.2, 0.25) is 0 Å². The number of hydrogen-bond acceptors (Lipinski definition) is 8. The molecule has 0 aliphatic carbocycles. The quantitative estimate of drug-likeness (QED) is 0.431. The van der Waals surface area contributed by atoms with E-state index in [0.717, 1.165) is 13.1 Å². The van der Waals surface area contributed by atoms with Crippen LogP contribution in [0.1, 0.15) is 0 Å². The van der Waals surface area contributed by atoms with Gasteiger partial charge in [-0.3, -0.25) is 9.69 Å². The largest absolute Gasteiger partial charge is 0.369 e. The molecule has 0 bridgehead atoms. The van der Waals surface area contributed by atoms with Crippen molar-refractivity contribution < 1.29 is 4.79 Å². The number of carbonyl (C=O) groups excluding carboxylic acids is 1. The molecule has 0 radical (unpaired) electrons. The van der Waals surface area contributed by atoms with Gasteiger partial charge in [-0.1, -0.05) is 0 Å². The minimum absolute atomic E-state index is 0.0417. The molecule has 0 aromatic carbocycles. The van der Waals surface area contributed by atoms with E-state index in [1.807, 2.05) is 4.90 Å². The van der Waals surface area contributed by atoms with Crippen LogP contribution in [0.15, 0.2) is 39.5 Å². The summed E-state index contributed by atoms with van der Waals surface area (Å²) in [5, 5.41) is 0. The van der Waals surface area contributed by atoms with E-state index in [2.05, 4.69) is 54.4 Å². The van der Waals surface area contributed by atoms with Crippen molar-refractivity contribution in [3.8, 4) is 0 Å². The van der Waals surface area contributed by atoms with Crippen LogP contribution in [-0.2, 0) is 4.79 Å². The van der Waals surface area contributed by atoms with Crippen LogP contribution in [0.3, 0.4) is 0 Å². The van der Waals surface area contributed by atoms with E-state index in [9.17, 15) is 4.79 Å².